The maximum absolute atomic E-state index is 5.21. The van der Waals surface area contributed by atoms with Crippen molar-refractivity contribution in [3.63, 3.8) is 0 Å². The zero-order valence-corrected chi connectivity index (χ0v) is 15.5. The molecule has 0 radical (unpaired) electrons. The Kier molecular flexibility index (Phi) is 5.63. The molecule has 23 heavy (non-hydrogen) atoms. The second kappa shape index (κ2) is 7.89. The zero-order chi connectivity index (χ0) is 16.1. The highest BCUT2D eigenvalue weighted by atomic mass is 79.9. The van der Waals surface area contributed by atoms with Crippen molar-refractivity contribution in [2.24, 2.45) is 0 Å². The van der Waals surface area contributed by atoms with E-state index in [1.807, 2.05) is 24.3 Å². The van der Waals surface area contributed by atoms with E-state index in [0.29, 0.717) is 11.6 Å². The van der Waals surface area contributed by atoms with Gasteiger partial charge in [0.05, 0.1) is 5.75 Å². The topological polar surface area (TPSA) is 76.7 Å². The first-order chi connectivity index (χ1) is 11.2. The van der Waals surface area contributed by atoms with Gasteiger partial charge < -0.3 is 9.84 Å². The van der Waals surface area contributed by atoms with Crippen molar-refractivity contribution in [3.8, 4) is 0 Å². The SMILES string of the molecule is CCCc1noc(CSc2nnc(Nc3cccc(Br)c3)s2)n1. The van der Waals surface area contributed by atoms with Crippen molar-refractivity contribution >= 4 is 49.8 Å². The number of aromatic nitrogens is 4. The van der Waals surface area contributed by atoms with Crippen molar-refractivity contribution < 1.29 is 4.52 Å². The molecule has 0 atom stereocenters. The number of hydrogen-bond acceptors (Lipinski definition) is 8. The zero-order valence-electron chi connectivity index (χ0n) is 12.3. The van der Waals surface area contributed by atoms with E-state index in [9.17, 15) is 0 Å². The van der Waals surface area contributed by atoms with Crippen LogP contribution in [0.3, 0.4) is 0 Å². The molecule has 0 aliphatic rings. The first-order valence-corrected chi connectivity index (χ1v) is 9.63. The van der Waals surface area contributed by atoms with Crippen LogP contribution in [0.4, 0.5) is 10.8 Å². The molecule has 0 unspecified atom stereocenters. The number of rotatable bonds is 7. The van der Waals surface area contributed by atoms with Crippen LogP contribution in [0.25, 0.3) is 0 Å². The lowest BCUT2D eigenvalue weighted by molar-refractivity contribution is 0.384. The van der Waals surface area contributed by atoms with Crippen LogP contribution in [0.1, 0.15) is 25.1 Å². The lowest BCUT2D eigenvalue weighted by atomic mass is 10.3. The maximum Gasteiger partial charge on any atom is 0.237 e. The molecule has 3 aromatic rings. The van der Waals surface area contributed by atoms with Gasteiger partial charge in [0.2, 0.25) is 11.0 Å². The number of nitrogens with zero attached hydrogens (tertiary/aromatic N) is 4. The first kappa shape index (κ1) is 16.4. The Morgan fingerprint density at radius 1 is 1.35 bits per heavy atom. The fourth-order valence-electron chi connectivity index (χ4n) is 1.81. The van der Waals surface area contributed by atoms with Crippen LogP contribution in [-0.2, 0) is 12.2 Å². The number of anilines is 2. The smallest absolute Gasteiger partial charge is 0.237 e. The summed E-state index contributed by atoms with van der Waals surface area (Å²) in [6, 6.07) is 7.91. The number of nitrogens with one attached hydrogen (secondary N) is 1. The third-order valence-electron chi connectivity index (χ3n) is 2.79. The quantitative estimate of drug-likeness (QED) is 0.565. The second-order valence-corrected chi connectivity index (χ2v) is 7.77. The Hall–Kier alpha value is -1.45. The van der Waals surface area contributed by atoms with E-state index in [1.54, 1.807) is 0 Å². The molecular weight excluding hydrogens is 398 g/mol. The van der Waals surface area contributed by atoms with Gasteiger partial charge in [0, 0.05) is 16.6 Å². The van der Waals surface area contributed by atoms with E-state index in [1.165, 1.54) is 23.1 Å². The molecule has 0 fully saturated rings. The second-order valence-electron chi connectivity index (χ2n) is 4.65. The predicted octanol–water partition coefficient (Wildman–Crippen LogP) is 4.67. The minimum Gasteiger partial charge on any atom is -0.338 e. The summed E-state index contributed by atoms with van der Waals surface area (Å²) in [7, 11) is 0. The van der Waals surface area contributed by atoms with Crippen LogP contribution in [0.2, 0.25) is 0 Å². The van der Waals surface area contributed by atoms with E-state index in [2.05, 4.69) is 48.5 Å². The minimum atomic E-state index is 0.599. The average Bonchev–Trinajstić information content (AvgIpc) is 3.15. The van der Waals surface area contributed by atoms with Gasteiger partial charge in [0.25, 0.3) is 0 Å². The summed E-state index contributed by atoms with van der Waals surface area (Å²) in [6.07, 6.45) is 1.85. The minimum absolute atomic E-state index is 0.599. The van der Waals surface area contributed by atoms with Crippen LogP contribution >= 0.6 is 39.0 Å². The molecule has 6 nitrogen and oxygen atoms in total. The van der Waals surface area contributed by atoms with Crippen molar-refractivity contribution in [2.75, 3.05) is 5.32 Å². The molecule has 3 rings (SSSR count). The van der Waals surface area contributed by atoms with E-state index >= 15 is 0 Å². The predicted molar refractivity (Wildman–Crippen MR) is 95.2 cm³/mol. The highest BCUT2D eigenvalue weighted by Crippen LogP contribution is 2.30. The average molecular weight is 412 g/mol. The number of halogens is 1. The van der Waals surface area contributed by atoms with E-state index < -0.39 is 0 Å². The van der Waals surface area contributed by atoms with Crippen LogP contribution in [0, 0.1) is 0 Å². The summed E-state index contributed by atoms with van der Waals surface area (Å²) in [6.45, 7) is 2.09. The van der Waals surface area contributed by atoms with E-state index in [0.717, 1.165) is 38.3 Å². The van der Waals surface area contributed by atoms with Gasteiger partial charge in [-0.05, 0) is 24.6 Å². The molecule has 2 aromatic heterocycles. The summed E-state index contributed by atoms with van der Waals surface area (Å²) in [5.74, 6) is 1.98. The van der Waals surface area contributed by atoms with Gasteiger partial charge in [-0.25, -0.2) is 0 Å². The largest absolute Gasteiger partial charge is 0.338 e. The van der Waals surface area contributed by atoms with Crippen molar-refractivity contribution in [3.05, 3.63) is 40.5 Å². The van der Waals surface area contributed by atoms with Gasteiger partial charge in [0.15, 0.2) is 10.2 Å². The lowest BCUT2D eigenvalue weighted by Crippen LogP contribution is -1.88. The molecule has 1 aromatic carbocycles. The van der Waals surface area contributed by atoms with Crippen LogP contribution in [0.5, 0.6) is 0 Å². The fraction of sp³-hybridized carbons (Fsp3) is 0.286. The van der Waals surface area contributed by atoms with E-state index in [4.69, 9.17) is 4.52 Å². The molecule has 0 amide bonds. The Morgan fingerprint density at radius 2 is 2.26 bits per heavy atom. The van der Waals surface area contributed by atoms with Crippen molar-refractivity contribution in [1.29, 1.82) is 0 Å². The van der Waals surface area contributed by atoms with E-state index in [-0.39, 0.29) is 0 Å². The molecule has 9 heteroatoms. The monoisotopic (exact) mass is 411 g/mol. The maximum atomic E-state index is 5.21. The van der Waals surface area contributed by atoms with Crippen LogP contribution in [-0.4, -0.2) is 20.3 Å². The molecular formula is C14H14BrN5OS2. The first-order valence-electron chi connectivity index (χ1n) is 7.03. The standard InChI is InChI=1S/C14H14BrN5OS2/c1-2-4-11-17-12(21-20-11)8-22-14-19-18-13(23-14)16-10-6-3-5-9(15)7-10/h3,5-7H,2,4,8H2,1H3,(H,16,18). The molecule has 0 saturated heterocycles. The van der Waals surface area contributed by atoms with Crippen molar-refractivity contribution in [2.45, 2.75) is 29.9 Å². The van der Waals surface area contributed by atoms with Crippen LogP contribution < -0.4 is 5.32 Å². The molecule has 0 aliphatic carbocycles. The van der Waals surface area contributed by atoms with Gasteiger partial charge in [-0.2, -0.15) is 4.98 Å². The molecule has 0 saturated carbocycles. The van der Waals surface area contributed by atoms with Gasteiger partial charge in [-0.3, -0.25) is 0 Å². The molecule has 0 bridgehead atoms. The Labute approximate surface area is 150 Å². The number of aryl methyl sites for hydroxylation is 1. The molecule has 1 N–H and O–H groups in total. The highest BCUT2D eigenvalue weighted by Gasteiger charge is 2.10. The summed E-state index contributed by atoms with van der Waals surface area (Å²) < 4.78 is 7.08. The van der Waals surface area contributed by atoms with Gasteiger partial charge in [0.1, 0.15) is 0 Å². The normalized spacial score (nSPS) is 10.9. The third kappa shape index (κ3) is 4.76. The van der Waals surface area contributed by atoms with Gasteiger partial charge >= 0.3 is 0 Å². The Morgan fingerprint density at radius 3 is 3.09 bits per heavy atom. The number of thioether (sulfide) groups is 1. The lowest BCUT2D eigenvalue weighted by Gasteiger charge is -2.01. The Balaban J connectivity index is 1.56. The molecule has 2 heterocycles. The number of benzene rings is 1. The van der Waals surface area contributed by atoms with Gasteiger partial charge in [-0.15, -0.1) is 10.2 Å². The highest BCUT2D eigenvalue weighted by molar-refractivity contribution is 9.10. The summed E-state index contributed by atoms with van der Waals surface area (Å²) >= 11 is 6.48. The molecule has 0 spiro atoms. The summed E-state index contributed by atoms with van der Waals surface area (Å²) in [5, 5.41) is 16.2. The van der Waals surface area contributed by atoms with Crippen LogP contribution in [0.15, 0.2) is 37.6 Å². The van der Waals surface area contributed by atoms with Crippen molar-refractivity contribution in [1.82, 2.24) is 20.3 Å². The summed E-state index contributed by atoms with van der Waals surface area (Å²) in [5.41, 5.74) is 0.966. The fourth-order valence-corrected chi connectivity index (χ4v) is 3.81. The summed E-state index contributed by atoms with van der Waals surface area (Å²) in [4.78, 5) is 4.34. The molecule has 120 valence electrons. The van der Waals surface area contributed by atoms with Gasteiger partial charge in [-0.1, -0.05) is 57.2 Å². The number of hydrogen-bond donors (Lipinski definition) is 1. The Bertz CT molecular complexity index is 776. The third-order valence-corrected chi connectivity index (χ3v) is 5.24. The molecule has 0 aliphatic heterocycles.